The summed E-state index contributed by atoms with van der Waals surface area (Å²) in [5.41, 5.74) is 2.55. The lowest BCUT2D eigenvalue weighted by atomic mass is 10.1. The molecule has 0 aliphatic rings. The summed E-state index contributed by atoms with van der Waals surface area (Å²) in [7, 11) is 0. The fourth-order valence-electron chi connectivity index (χ4n) is 3.51. The molecule has 4 rings (SSSR count). The van der Waals surface area contributed by atoms with E-state index in [1.54, 1.807) is 12.1 Å². The van der Waals surface area contributed by atoms with E-state index >= 15 is 0 Å². The van der Waals surface area contributed by atoms with E-state index in [0.29, 0.717) is 36.4 Å². The predicted octanol–water partition coefficient (Wildman–Crippen LogP) is 4.33. The number of nitrogens with zero attached hydrogens (tertiary/aromatic N) is 1. The van der Waals surface area contributed by atoms with E-state index in [1.165, 1.54) is 11.6 Å². The van der Waals surface area contributed by atoms with E-state index < -0.39 is 0 Å². The van der Waals surface area contributed by atoms with Gasteiger partial charge >= 0.3 is 0 Å². The number of ether oxygens (including phenoxy) is 1. The minimum Gasteiger partial charge on any atom is -0.492 e. The lowest BCUT2D eigenvalue weighted by Gasteiger charge is -2.21. The van der Waals surface area contributed by atoms with E-state index in [0.717, 1.165) is 17.9 Å². The van der Waals surface area contributed by atoms with Crippen LogP contribution in [0.2, 0.25) is 0 Å². The summed E-state index contributed by atoms with van der Waals surface area (Å²) in [6.45, 7) is 2.69. The minimum atomic E-state index is -0.0560. The molecule has 0 saturated carbocycles. The number of para-hydroxylation sites is 1. The van der Waals surface area contributed by atoms with Crippen molar-refractivity contribution >= 4 is 11.0 Å². The number of aliphatic hydroxyl groups excluding tert-OH is 1. The summed E-state index contributed by atoms with van der Waals surface area (Å²) in [5.74, 6) is 1.28. The lowest BCUT2D eigenvalue weighted by molar-refractivity contribution is 0.163. The fourth-order valence-corrected chi connectivity index (χ4v) is 3.51. The molecule has 0 fully saturated rings. The molecular weight excluding hydrogens is 390 g/mol. The van der Waals surface area contributed by atoms with Crippen molar-refractivity contribution < 1.29 is 14.3 Å². The summed E-state index contributed by atoms with van der Waals surface area (Å²) < 4.78 is 11.8. The lowest BCUT2D eigenvalue weighted by Crippen LogP contribution is -2.30. The summed E-state index contributed by atoms with van der Waals surface area (Å²) in [6.07, 6.45) is 0. The molecule has 0 atom stereocenters. The third kappa shape index (κ3) is 5.40. The maximum atomic E-state index is 12.3. The van der Waals surface area contributed by atoms with Crippen LogP contribution in [0.15, 0.2) is 94.1 Å². The summed E-state index contributed by atoms with van der Waals surface area (Å²) in [6, 6.07) is 26.5. The van der Waals surface area contributed by atoms with Gasteiger partial charge in [-0.15, -0.1) is 0 Å². The minimum absolute atomic E-state index is 0.0560. The van der Waals surface area contributed by atoms with Gasteiger partial charge in [0.2, 0.25) is 0 Å². The van der Waals surface area contributed by atoms with Crippen LogP contribution in [0, 0.1) is 0 Å². The molecule has 1 aromatic heterocycles. The summed E-state index contributed by atoms with van der Waals surface area (Å²) in [5, 5.41) is 9.92. The number of hydrogen-bond donors (Lipinski definition) is 1. The van der Waals surface area contributed by atoms with Gasteiger partial charge in [0.25, 0.3) is 0 Å². The Balaban J connectivity index is 1.38. The highest BCUT2D eigenvalue weighted by molar-refractivity contribution is 5.78. The molecule has 0 radical (unpaired) electrons. The van der Waals surface area contributed by atoms with Crippen molar-refractivity contribution in [1.29, 1.82) is 0 Å². The molecule has 0 unspecified atom stereocenters. The number of aliphatic hydroxyl groups is 1. The van der Waals surface area contributed by atoms with Crippen LogP contribution in [-0.2, 0) is 6.54 Å². The molecule has 1 heterocycles. The van der Waals surface area contributed by atoms with Crippen molar-refractivity contribution in [1.82, 2.24) is 4.90 Å². The quantitative estimate of drug-likeness (QED) is 0.441. The Hall–Kier alpha value is -3.41. The van der Waals surface area contributed by atoms with Gasteiger partial charge < -0.3 is 14.3 Å². The van der Waals surface area contributed by atoms with E-state index in [9.17, 15) is 9.90 Å². The number of hydrogen-bond acceptors (Lipinski definition) is 5. The average molecular weight is 415 g/mol. The molecule has 31 heavy (non-hydrogen) atoms. The van der Waals surface area contributed by atoms with Gasteiger partial charge in [-0.05, 0) is 42.0 Å². The summed E-state index contributed by atoms with van der Waals surface area (Å²) >= 11 is 0. The molecule has 0 amide bonds. The monoisotopic (exact) mass is 415 g/mol. The van der Waals surface area contributed by atoms with E-state index in [1.807, 2.05) is 54.6 Å². The highest BCUT2D eigenvalue weighted by Crippen LogP contribution is 2.24. The highest BCUT2D eigenvalue weighted by atomic mass is 16.5. The van der Waals surface area contributed by atoms with Gasteiger partial charge in [0.15, 0.2) is 5.43 Å². The van der Waals surface area contributed by atoms with Gasteiger partial charge in [-0.25, -0.2) is 0 Å². The van der Waals surface area contributed by atoms with Crippen LogP contribution in [0.1, 0.15) is 5.56 Å². The Labute approximate surface area is 181 Å². The van der Waals surface area contributed by atoms with Crippen molar-refractivity contribution in [3.05, 3.63) is 101 Å². The van der Waals surface area contributed by atoms with Crippen LogP contribution in [0.4, 0.5) is 0 Å². The Bertz CT molecular complexity index is 1170. The number of rotatable bonds is 9. The van der Waals surface area contributed by atoms with Gasteiger partial charge in [-0.2, -0.15) is 0 Å². The van der Waals surface area contributed by atoms with Crippen LogP contribution in [0.5, 0.6) is 5.75 Å². The first kappa shape index (κ1) is 20.8. The van der Waals surface area contributed by atoms with E-state index in [-0.39, 0.29) is 12.0 Å². The molecule has 4 aromatic rings. The highest BCUT2D eigenvalue weighted by Gasteiger charge is 2.08. The van der Waals surface area contributed by atoms with Crippen molar-refractivity contribution in [3.8, 4) is 17.1 Å². The van der Waals surface area contributed by atoms with Crippen molar-refractivity contribution in [2.24, 2.45) is 0 Å². The van der Waals surface area contributed by atoms with Gasteiger partial charge in [-0.1, -0.05) is 42.5 Å². The molecule has 3 aromatic carbocycles. The molecular formula is C26H25NO4. The molecule has 158 valence electrons. The van der Waals surface area contributed by atoms with E-state index in [2.05, 4.69) is 17.0 Å². The SMILES string of the molecule is O=c1cc(-c2ccc(OCCN(CCO)Cc3ccccc3)cc2)oc2ccccc12. The smallest absolute Gasteiger partial charge is 0.193 e. The van der Waals surface area contributed by atoms with Crippen LogP contribution in [-0.4, -0.2) is 36.3 Å². The van der Waals surface area contributed by atoms with Crippen LogP contribution in [0.25, 0.3) is 22.3 Å². The van der Waals surface area contributed by atoms with Crippen LogP contribution >= 0.6 is 0 Å². The molecule has 5 heteroatoms. The standard InChI is InChI=1S/C26H25NO4/c28-16-14-27(19-20-6-2-1-3-7-20)15-17-30-22-12-10-21(11-13-22)26-18-24(29)23-8-4-5-9-25(23)31-26/h1-13,18,28H,14-17,19H2. The van der Waals surface area contributed by atoms with Crippen LogP contribution < -0.4 is 10.2 Å². The molecule has 0 aliphatic carbocycles. The zero-order valence-corrected chi connectivity index (χ0v) is 17.2. The first-order chi connectivity index (χ1) is 15.2. The maximum Gasteiger partial charge on any atom is 0.193 e. The molecule has 5 nitrogen and oxygen atoms in total. The Morgan fingerprint density at radius 1 is 0.871 bits per heavy atom. The summed E-state index contributed by atoms with van der Waals surface area (Å²) in [4.78, 5) is 14.5. The first-order valence-corrected chi connectivity index (χ1v) is 10.4. The zero-order chi connectivity index (χ0) is 21.5. The molecule has 0 saturated heterocycles. The average Bonchev–Trinajstić information content (AvgIpc) is 2.80. The van der Waals surface area contributed by atoms with Crippen molar-refractivity contribution in [2.75, 3.05) is 26.3 Å². The third-order valence-electron chi connectivity index (χ3n) is 5.11. The van der Waals surface area contributed by atoms with Gasteiger partial charge in [0.1, 0.15) is 23.7 Å². The molecule has 0 aliphatic heterocycles. The molecule has 0 spiro atoms. The van der Waals surface area contributed by atoms with Crippen molar-refractivity contribution in [2.45, 2.75) is 6.54 Å². The second kappa shape index (κ2) is 10.1. The number of fused-ring (bicyclic) bond motifs is 1. The Morgan fingerprint density at radius 3 is 2.39 bits per heavy atom. The molecule has 1 N–H and O–H groups in total. The maximum absolute atomic E-state index is 12.3. The van der Waals surface area contributed by atoms with Gasteiger partial charge in [0.05, 0.1) is 12.0 Å². The topological polar surface area (TPSA) is 62.9 Å². The third-order valence-corrected chi connectivity index (χ3v) is 5.11. The second-order valence-corrected chi connectivity index (χ2v) is 7.33. The Kier molecular flexibility index (Phi) is 6.77. The second-order valence-electron chi connectivity index (χ2n) is 7.33. The number of benzene rings is 3. The Morgan fingerprint density at radius 2 is 1.61 bits per heavy atom. The predicted molar refractivity (Wildman–Crippen MR) is 122 cm³/mol. The largest absolute Gasteiger partial charge is 0.492 e. The first-order valence-electron chi connectivity index (χ1n) is 10.4. The fraction of sp³-hybridized carbons (Fsp3) is 0.192. The van der Waals surface area contributed by atoms with Crippen LogP contribution in [0.3, 0.4) is 0 Å². The van der Waals surface area contributed by atoms with Gasteiger partial charge in [0, 0.05) is 31.3 Å². The molecule has 0 bridgehead atoms. The zero-order valence-electron chi connectivity index (χ0n) is 17.2. The van der Waals surface area contributed by atoms with Crippen molar-refractivity contribution in [3.63, 3.8) is 0 Å². The normalized spacial score (nSPS) is 11.2. The van der Waals surface area contributed by atoms with E-state index in [4.69, 9.17) is 9.15 Å². The van der Waals surface area contributed by atoms with Gasteiger partial charge in [-0.3, -0.25) is 9.69 Å².